The van der Waals surface area contributed by atoms with Crippen molar-refractivity contribution in [1.82, 2.24) is 4.98 Å². The first-order valence-corrected chi connectivity index (χ1v) is 5.94. The standard InChI is InChI=1S/C12H6F4IN/c13-9-5-10(17)11(18-6-9)7-2-1-3-8(4-7)12(14,15)16/h1-6H. The van der Waals surface area contributed by atoms with Gasteiger partial charge in [0.2, 0.25) is 0 Å². The summed E-state index contributed by atoms with van der Waals surface area (Å²) >= 11 is 1.84. The van der Waals surface area contributed by atoms with Crippen LogP contribution in [0.4, 0.5) is 17.6 Å². The molecule has 94 valence electrons. The number of aromatic nitrogens is 1. The highest BCUT2D eigenvalue weighted by molar-refractivity contribution is 14.1. The topological polar surface area (TPSA) is 12.9 Å². The van der Waals surface area contributed by atoms with Crippen LogP contribution in [-0.2, 0) is 6.18 Å². The Labute approximate surface area is 114 Å². The van der Waals surface area contributed by atoms with E-state index in [2.05, 4.69) is 4.98 Å². The van der Waals surface area contributed by atoms with Gasteiger partial charge in [0.1, 0.15) is 5.82 Å². The molecule has 2 aromatic rings. The van der Waals surface area contributed by atoms with E-state index in [-0.39, 0.29) is 0 Å². The van der Waals surface area contributed by atoms with Crippen molar-refractivity contribution in [2.45, 2.75) is 6.18 Å². The molecular weight excluding hydrogens is 361 g/mol. The molecule has 6 heteroatoms. The highest BCUT2D eigenvalue weighted by atomic mass is 127. The zero-order chi connectivity index (χ0) is 13.3. The molecule has 1 aromatic heterocycles. The molecule has 0 radical (unpaired) electrons. The molecule has 1 aromatic carbocycles. The normalized spacial score (nSPS) is 11.6. The minimum absolute atomic E-state index is 0.314. The number of benzene rings is 1. The van der Waals surface area contributed by atoms with Crippen LogP contribution in [0.25, 0.3) is 11.3 Å². The molecule has 0 bridgehead atoms. The molecule has 0 fully saturated rings. The van der Waals surface area contributed by atoms with Gasteiger partial charge in [-0.1, -0.05) is 12.1 Å². The molecule has 0 N–H and O–H groups in total. The van der Waals surface area contributed by atoms with E-state index < -0.39 is 17.6 Å². The Bertz CT molecular complexity index is 581. The van der Waals surface area contributed by atoms with E-state index in [0.717, 1.165) is 18.3 Å². The lowest BCUT2D eigenvalue weighted by Gasteiger charge is -2.09. The second-order valence-electron chi connectivity index (χ2n) is 3.56. The lowest BCUT2D eigenvalue weighted by molar-refractivity contribution is -0.137. The van der Waals surface area contributed by atoms with Crippen molar-refractivity contribution in [2.24, 2.45) is 0 Å². The van der Waals surface area contributed by atoms with E-state index in [1.54, 1.807) is 0 Å². The molecule has 0 saturated carbocycles. The summed E-state index contributed by atoms with van der Waals surface area (Å²) in [6, 6.07) is 6.03. The van der Waals surface area contributed by atoms with Crippen LogP contribution >= 0.6 is 22.6 Å². The van der Waals surface area contributed by atoms with Gasteiger partial charge in [0.05, 0.1) is 17.5 Å². The first kappa shape index (κ1) is 13.3. The molecule has 18 heavy (non-hydrogen) atoms. The first-order valence-electron chi connectivity index (χ1n) is 4.86. The molecule has 1 heterocycles. The summed E-state index contributed by atoms with van der Waals surface area (Å²) in [7, 11) is 0. The van der Waals surface area contributed by atoms with Crippen LogP contribution in [0.15, 0.2) is 36.5 Å². The zero-order valence-corrected chi connectivity index (χ0v) is 11.0. The van der Waals surface area contributed by atoms with Crippen molar-refractivity contribution in [3.63, 3.8) is 0 Å². The Kier molecular flexibility index (Phi) is 3.56. The fraction of sp³-hybridized carbons (Fsp3) is 0.0833. The number of halogens is 5. The number of pyridine rings is 1. The Balaban J connectivity index is 2.51. The molecule has 0 unspecified atom stereocenters. The Morgan fingerprint density at radius 3 is 2.44 bits per heavy atom. The van der Waals surface area contributed by atoms with E-state index in [1.165, 1.54) is 18.2 Å². The maximum absolute atomic E-state index is 12.9. The highest BCUT2D eigenvalue weighted by Gasteiger charge is 2.30. The maximum Gasteiger partial charge on any atom is 0.416 e. The van der Waals surface area contributed by atoms with Gasteiger partial charge in [0.15, 0.2) is 0 Å². The van der Waals surface area contributed by atoms with Crippen LogP contribution < -0.4 is 0 Å². The molecule has 0 aliphatic rings. The molecule has 2 rings (SSSR count). The van der Waals surface area contributed by atoms with Crippen molar-refractivity contribution in [2.75, 3.05) is 0 Å². The highest BCUT2D eigenvalue weighted by Crippen LogP contribution is 2.32. The van der Waals surface area contributed by atoms with Crippen molar-refractivity contribution in [3.05, 3.63) is 51.5 Å². The van der Waals surface area contributed by atoms with Crippen LogP contribution in [0.3, 0.4) is 0 Å². The summed E-state index contributed by atoms with van der Waals surface area (Å²) in [5.41, 5.74) is -0.0979. The van der Waals surface area contributed by atoms with E-state index in [4.69, 9.17) is 0 Å². The quantitative estimate of drug-likeness (QED) is 0.534. The molecule has 1 nitrogen and oxygen atoms in total. The van der Waals surface area contributed by atoms with Crippen LogP contribution in [0, 0.1) is 9.39 Å². The summed E-state index contributed by atoms with van der Waals surface area (Å²) in [6.45, 7) is 0. The van der Waals surface area contributed by atoms with Gasteiger partial charge in [0.25, 0.3) is 0 Å². The summed E-state index contributed by atoms with van der Waals surface area (Å²) < 4.78 is 51.0. The maximum atomic E-state index is 12.9. The average Bonchev–Trinajstić information content (AvgIpc) is 2.28. The van der Waals surface area contributed by atoms with E-state index in [1.807, 2.05) is 22.6 Å². The lowest BCUT2D eigenvalue weighted by Crippen LogP contribution is -2.04. The van der Waals surface area contributed by atoms with Gasteiger partial charge in [-0.15, -0.1) is 0 Å². The lowest BCUT2D eigenvalue weighted by atomic mass is 10.1. The van der Waals surface area contributed by atoms with Crippen molar-refractivity contribution in [3.8, 4) is 11.3 Å². The van der Waals surface area contributed by atoms with Gasteiger partial charge in [-0.3, -0.25) is 4.98 Å². The Hall–Kier alpha value is -1.18. The third-order valence-corrected chi connectivity index (χ3v) is 3.09. The first-order chi connectivity index (χ1) is 8.38. The van der Waals surface area contributed by atoms with Crippen molar-refractivity contribution >= 4 is 22.6 Å². The van der Waals surface area contributed by atoms with Crippen LogP contribution in [0.2, 0.25) is 0 Å². The summed E-state index contributed by atoms with van der Waals surface area (Å²) in [5, 5.41) is 0. The van der Waals surface area contributed by atoms with Gasteiger partial charge in [-0.25, -0.2) is 4.39 Å². The third kappa shape index (κ3) is 2.80. The molecule has 0 saturated heterocycles. The monoisotopic (exact) mass is 367 g/mol. The Morgan fingerprint density at radius 1 is 1.11 bits per heavy atom. The molecule has 0 aliphatic carbocycles. The summed E-state index contributed by atoms with van der Waals surface area (Å²) in [6.07, 6.45) is -3.42. The predicted octanol–water partition coefficient (Wildman–Crippen LogP) is 4.51. The second-order valence-corrected chi connectivity index (χ2v) is 4.72. The van der Waals surface area contributed by atoms with Crippen molar-refractivity contribution < 1.29 is 17.6 Å². The fourth-order valence-corrected chi connectivity index (χ4v) is 2.22. The van der Waals surface area contributed by atoms with Gasteiger partial charge in [0, 0.05) is 9.13 Å². The molecule has 0 aliphatic heterocycles. The minimum atomic E-state index is -4.40. The van der Waals surface area contributed by atoms with Gasteiger partial charge in [-0.2, -0.15) is 13.2 Å². The molecular formula is C12H6F4IN. The molecule has 0 atom stereocenters. The zero-order valence-electron chi connectivity index (χ0n) is 8.80. The summed E-state index contributed by atoms with van der Waals surface area (Å²) in [5.74, 6) is -0.518. The van der Waals surface area contributed by atoms with E-state index in [0.29, 0.717) is 14.8 Å². The second kappa shape index (κ2) is 4.83. The number of alkyl halides is 3. The van der Waals surface area contributed by atoms with E-state index in [9.17, 15) is 17.6 Å². The minimum Gasteiger partial charge on any atom is -0.252 e. The SMILES string of the molecule is Fc1cnc(-c2cccc(C(F)(F)F)c2)c(I)c1. The predicted molar refractivity (Wildman–Crippen MR) is 67.4 cm³/mol. The smallest absolute Gasteiger partial charge is 0.252 e. The van der Waals surface area contributed by atoms with Gasteiger partial charge >= 0.3 is 6.18 Å². The average molecular weight is 367 g/mol. The number of nitrogens with zero attached hydrogens (tertiary/aromatic N) is 1. The molecule has 0 amide bonds. The van der Waals surface area contributed by atoms with Crippen LogP contribution in [0.5, 0.6) is 0 Å². The van der Waals surface area contributed by atoms with Crippen molar-refractivity contribution in [1.29, 1.82) is 0 Å². The molecule has 0 spiro atoms. The van der Waals surface area contributed by atoms with E-state index >= 15 is 0 Å². The van der Waals surface area contributed by atoms with Crippen LogP contribution in [-0.4, -0.2) is 4.98 Å². The van der Waals surface area contributed by atoms with Crippen LogP contribution in [0.1, 0.15) is 5.56 Å². The summed E-state index contributed by atoms with van der Waals surface area (Å²) in [4.78, 5) is 3.82. The largest absolute Gasteiger partial charge is 0.416 e. The number of hydrogen-bond donors (Lipinski definition) is 0. The van der Waals surface area contributed by atoms with Gasteiger partial charge < -0.3 is 0 Å². The fourth-order valence-electron chi connectivity index (χ4n) is 1.47. The van der Waals surface area contributed by atoms with Gasteiger partial charge in [-0.05, 0) is 40.8 Å². The number of rotatable bonds is 1. The number of hydrogen-bond acceptors (Lipinski definition) is 1. The third-order valence-electron chi connectivity index (χ3n) is 2.27. The Morgan fingerprint density at radius 2 is 1.83 bits per heavy atom.